The van der Waals surface area contributed by atoms with E-state index in [1.54, 1.807) is 0 Å². The van der Waals surface area contributed by atoms with Crippen molar-refractivity contribution in [1.29, 1.82) is 5.26 Å². The van der Waals surface area contributed by atoms with E-state index in [4.69, 9.17) is 16.3 Å². The van der Waals surface area contributed by atoms with Crippen LogP contribution in [0.15, 0.2) is 113 Å². The molecule has 2 atom stereocenters. The summed E-state index contributed by atoms with van der Waals surface area (Å²) in [5, 5.41) is 9.23. The van der Waals surface area contributed by atoms with Gasteiger partial charge in [0.05, 0.1) is 22.4 Å². The average Bonchev–Trinajstić information content (AvgIpc) is 3.21. The summed E-state index contributed by atoms with van der Waals surface area (Å²) in [4.78, 5) is 0. The normalized spacial score (nSPS) is 23.4. The van der Waals surface area contributed by atoms with Crippen LogP contribution >= 0.6 is 11.6 Å². The Morgan fingerprint density at radius 1 is 0.914 bits per heavy atom. The quantitative estimate of drug-likeness (QED) is 0.335. The summed E-state index contributed by atoms with van der Waals surface area (Å²) < 4.78 is 6.71. The van der Waals surface area contributed by atoms with Gasteiger partial charge < -0.3 is 4.74 Å². The highest BCUT2D eigenvalue weighted by Crippen LogP contribution is 2.64. The molecule has 2 unspecified atom stereocenters. The number of rotatable bonds is 1. The first-order valence-corrected chi connectivity index (χ1v) is 12.5. The summed E-state index contributed by atoms with van der Waals surface area (Å²) in [7, 11) is 0. The van der Waals surface area contributed by atoms with Crippen molar-refractivity contribution in [3.05, 3.63) is 130 Å². The minimum absolute atomic E-state index is 0.0395. The van der Waals surface area contributed by atoms with E-state index in [9.17, 15) is 5.26 Å². The van der Waals surface area contributed by atoms with Gasteiger partial charge in [0.1, 0.15) is 11.5 Å². The van der Waals surface area contributed by atoms with Crippen molar-refractivity contribution in [3.8, 4) is 28.7 Å². The molecular formula is C32H22ClNO. The Morgan fingerprint density at radius 3 is 2.60 bits per heavy atom. The summed E-state index contributed by atoms with van der Waals surface area (Å²) in [5.74, 6) is 1.78. The molecule has 1 spiro atoms. The SMILES string of the molecule is N#Cc1ccc(-c2cccc3c2Oc2ccccc2C32C3=C(C4=C2CCC=C4)C(Cl)CC=C3)cc1. The number of nitrogens with zero attached hydrogens (tertiary/aromatic N) is 1. The first-order valence-electron chi connectivity index (χ1n) is 12.1. The van der Waals surface area contributed by atoms with Crippen molar-refractivity contribution < 1.29 is 4.74 Å². The largest absolute Gasteiger partial charge is 0.456 e. The zero-order chi connectivity index (χ0) is 23.6. The van der Waals surface area contributed by atoms with Gasteiger partial charge in [0, 0.05) is 16.7 Å². The van der Waals surface area contributed by atoms with Gasteiger partial charge in [-0.05, 0) is 65.3 Å². The first-order chi connectivity index (χ1) is 17.2. The number of alkyl halides is 1. The molecule has 168 valence electrons. The molecule has 1 heterocycles. The fourth-order valence-electron chi connectivity index (χ4n) is 6.42. The fourth-order valence-corrected chi connectivity index (χ4v) is 6.76. The van der Waals surface area contributed by atoms with Gasteiger partial charge in [-0.15, -0.1) is 11.6 Å². The van der Waals surface area contributed by atoms with Gasteiger partial charge >= 0.3 is 0 Å². The third kappa shape index (κ3) is 2.71. The number of fused-ring (bicyclic) bond motifs is 7. The molecule has 35 heavy (non-hydrogen) atoms. The lowest BCUT2D eigenvalue weighted by molar-refractivity contribution is 0.432. The van der Waals surface area contributed by atoms with E-state index in [-0.39, 0.29) is 5.38 Å². The highest BCUT2D eigenvalue weighted by molar-refractivity contribution is 6.23. The molecule has 1 aliphatic heterocycles. The van der Waals surface area contributed by atoms with Crippen LogP contribution in [0, 0.1) is 11.3 Å². The summed E-state index contributed by atoms with van der Waals surface area (Å²) in [6.45, 7) is 0. The molecule has 0 saturated heterocycles. The molecule has 3 aromatic rings. The second kappa shape index (κ2) is 7.60. The fraction of sp³-hybridized carbons (Fsp3) is 0.156. The Balaban J connectivity index is 1.58. The van der Waals surface area contributed by atoms with Gasteiger partial charge in [0.2, 0.25) is 0 Å². The molecule has 0 bridgehead atoms. The summed E-state index contributed by atoms with van der Waals surface area (Å²) >= 11 is 7.02. The van der Waals surface area contributed by atoms with Crippen molar-refractivity contribution in [2.45, 2.75) is 30.1 Å². The number of para-hydroxylation sites is 2. The van der Waals surface area contributed by atoms with Gasteiger partial charge in [0.15, 0.2) is 0 Å². The average molecular weight is 472 g/mol. The maximum absolute atomic E-state index is 9.27. The molecule has 0 aromatic heterocycles. The zero-order valence-corrected chi connectivity index (χ0v) is 19.8. The molecule has 0 amide bonds. The third-order valence-corrected chi connectivity index (χ3v) is 8.19. The lowest BCUT2D eigenvalue weighted by atomic mass is 9.62. The maximum Gasteiger partial charge on any atom is 0.140 e. The van der Waals surface area contributed by atoms with Crippen LogP contribution in [-0.2, 0) is 5.41 Å². The third-order valence-electron chi connectivity index (χ3n) is 7.80. The Kier molecular flexibility index (Phi) is 4.47. The Hall–Kier alpha value is -3.80. The Labute approximate surface area is 210 Å². The van der Waals surface area contributed by atoms with Crippen LogP contribution in [0.25, 0.3) is 11.1 Å². The standard InChI is InChI=1S/C32H22ClNO/c33-28-13-6-11-26-30(28)23-7-1-2-9-24(23)32(26)25-10-3-4-14-29(25)35-31-22(8-5-12-27(31)32)21-17-15-20(19-34)16-18-21/h1,3-8,10-12,14-18,28H,2,9,13H2. The van der Waals surface area contributed by atoms with E-state index in [2.05, 4.69) is 66.8 Å². The van der Waals surface area contributed by atoms with E-state index >= 15 is 0 Å². The van der Waals surface area contributed by atoms with Crippen LogP contribution in [0.3, 0.4) is 0 Å². The van der Waals surface area contributed by atoms with Gasteiger partial charge in [-0.3, -0.25) is 0 Å². The van der Waals surface area contributed by atoms with Crippen LogP contribution in [0.2, 0.25) is 0 Å². The number of hydrogen-bond donors (Lipinski definition) is 0. The number of ether oxygens (including phenoxy) is 1. The van der Waals surface area contributed by atoms with Crippen molar-refractivity contribution in [1.82, 2.24) is 0 Å². The summed E-state index contributed by atoms with van der Waals surface area (Å²) in [6.07, 6.45) is 12.0. The molecule has 0 saturated carbocycles. The van der Waals surface area contributed by atoms with Gasteiger partial charge in [0.25, 0.3) is 0 Å². The maximum atomic E-state index is 9.27. The second-order valence-corrected chi connectivity index (χ2v) is 10.0. The predicted molar refractivity (Wildman–Crippen MR) is 140 cm³/mol. The van der Waals surface area contributed by atoms with E-state index < -0.39 is 5.41 Å². The molecule has 7 rings (SSSR count). The monoisotopic (exact) mass is 471 g/mol. The van der Waals surface area contributed by atoms with Crippen LogP contribution in [0.1, 0.15) is 36.0 Å². The van der Waals surface area contributed by atoms with Crippen LogP contribution < -0.4 is 4.74 Å². The van der Waals surface area contributed by atoms with Gasteiger partial charge in [-0.25, -0.2) is 0 Å². The predicted octanol–water partition coefficient (Wildman–Crippen LogP) is 8.14. The van der Waals surface area contributed by atoms with E-state index in [1.807, 2.05) is 30.3 Å². The molecule has 4 aliphatic rings. The Bertz CT molecular complexity index is 1560. The summed E-state index contributed by atoms with van der Waals surface area (Å²) in [5.41, 5.74) is 9.94. The van der Waals surface area contributed by atoms with E-state index in [1.165, 1.54) is 33.4 Å². The number of halogens is 1. The van der Waals surface area contributed by atoms with Crippen LogP contribution in [0.4, 0.5) is 0 Å². The highest BCUT2D eigenvalue weighted by atomic mass is 35.5. The highest BCUT2D eigenvalue weighted by Gasteiger charge is 2.54. The zero-order valence-electron chi connectivity index (χ0n) is 19.1. The van der Waals surface area contributed by atoms with E-state index in [0.717, 1.165) is 41.9 Å². The lowest BCUT2D eigenvalue weighted by Gasteiger charge is -2.43. The van der Waals surface area contributed by atoms with Crippen molar-refractivity contribution in [2.24, 2.45) is 0 Å². The van der Waals surface area contributed by atoms with Crippen molar-refractivity contribution >= 4 is 11.6 Å². The second-order valence-electron chi connectivity index (χ2n) is 9.49. The smallest absolute Gasteiger partial charge is 0.140 e. The number of hydrogen-bond acceptors (Lipinski definition) is 2. The molecule has 3 aromatic carbocycles. The summed E-state index contributed by atoms with van der Waals surface area (Å²) in [6, 6.07) is 24.9. The molecule has 0 radical (unpaired) electrons. The van der Waals surface area contributed by atoms with Crippen molar-refractivity contribution in [2.75, 3.05) is 0 Å². The first kappa shape index (κ1) is 20.6. The number of nitriles is 1. The minimum Gasteiger partial charge on any atom is -0.456 e. The van der Waals surface area contributed by atoms with E-state index in [0.29, 0.717) is 5.56 Å². The molecule has 3 aliphatic carbocycles. The number of benzene rings is 3. The molecule has 0 N–H and O–H groups in total. The number of allylic oxidation sites excluding steroid dienone is 8. The minimum atomic E-state index is -0.424. The van der Waals surface area contributed by atoms with Crippen molar-refractivity contribution in [3.63, 3.8) is 0 Å². The molecular weight excluding hydrogens is 450 g/mol. The topological polar surface area (TPSA) is 33.0 Å². The molecule has 2 nitrogen and oxygen atoms in total. The molecule has 3 heteroatoms. The van der Waals surface area contributed by atoms with Gasteiger partial charge in [-0.1, -0.05) is 72.8 Å². The van der Waals surface area contributed by atoms with Gasteiger partial charge in [-0.2, -0.15) is 5.26 Å². The Morgan fingerprint density at radius 2 is 1.74 bits per heavy atom. The molecule has 0 fully saturated rings. The lowest BCUT2D eigenvalue weighted by Crippen LogP contribution is -2.34. The van der Waals surface area contributed by atoms with Crippen LogP contribution in [0.5, 0.6) is 11.5 Å². The van der Waals surface area contributed by atoms with Crippen LogP contribution in [-0.4, -0.2) is 5.38 Å².